The Kier molecular flexibility index (Phi) is 8.02. The zero-order chi connectivity index (χ0) is 30.2. The van der Waals surface area contributed by atoms with E-state index in [0.717, 1.165) is 9.69 Å². The molecule has 5 rings (SSSR count). The lowest BCUT2D eigenvalue weighted by Gasteiger charge is -2.44. The predicted molar refractivity (Wildman–Crippen MR) is 151 cm³/mol. The number of carbonyl (C=O) groups excluding carboxylic acids is 2. The van der Waals surface area contributed by atoms with E-state index in [1.807, 2.05) is 12.1 Å². The van der Waals surface area contributed by atoms with Gasteiger partial charge < -0.3 is 20.0 Å². The molecular formula is C30H30FN3O7S. The van der Waals surface area contributed by atoms with Crippen LogP contribution in [0.4, 0.5) is 4.39 Å². The summed E-state index contributed by atoms with van der Waals surface area (Å²) in [5.41, 5.74) is 0.549. The van der Waals surface area contributed by atoms with Crippen molar-refractivity contribution in [2.75, 3.05) is 13.1 Å². The zero-order valence-corrected chi connectivity index (χ0v) is 23.4. The van der Waals surface area contributed by atoms with E-state index in [4.69, 9.17) is 0 Å². The Morgan fingerprint density at radius 2 is 1.62 bits per heavy atom. The predicted octanol–water partition coefficient (Wildman–Crippen LogP) is 3.29. The van der Waals surface area contributed by atoms with Crippen molar-refractivity contribution in [1.82, 2.24) is 14.1 Å². The molecule has 2 saturated heterocycles. The van der Waals surface area contributed by atoms with Gasteiger partial charge in [0.15, 0.2) is 0 Å². The molecule has 2 aliphatic rings. The van der Waals surface area contributed by atoms with E-state index in [9.17, 15) is 37.4 Å². The number of fused-ring (bicyclic) bond motifs is 2. The number of halogens is 1. The molecule has 2 N–H and O–H groups in total. The van der Waals surface area contributed by atoms with Crippen LogP contribution in [0.5, 0.6) is 0 Å². The molecule has 220 valence electrons. The van der Waals surface area contributed by atoms with Gasteiger partial charge in [0, 0.05) is 25.8 Å². The Labute approximate surface area is 242 Å². The number of rotatable bonds is 10. The van der Waals surface area contributed by atoms with Gasteiger partial charge in [0.2, 0.25) is 21.8 Å². The molecule has 3 aromatic carbocycles. The maximum Gasteiger partial charge on any atom is 0.303 e. The molecule has 0 unspecified atom stereocenters. The van der Waals surface area contributed by atoms with Gasteiger partial charge in [-0.15, -0.1) is 0 Å². The molecule has 3 atom stereocenters. The average Bonchev–Trinajstić information content (AvgIpc) is 3.24. The Hall–Kier alpha value is -4.29. The molecule has 0 saturated carbocycles. The number of carbonyl (C=O) groups is 3. The standard InChI is InChI=1S/C30H30FN3O7S/c1-19(35)14-15-32-18-27-33(26(29(32)38)16-20-6-9-23(31)10-7-20)30(39)25(12-13-28(36)37)34(27)42(40,41)24-11-8-21-4-2-3-5-22(21)17-24/h2-11,17,25-27,35H,1,12-16,18H2,(H,36,37)/t25-,26-,27-/m0/s1. The number of hydrogen-bond donors (Lipinski definition) is 2. The van der Waals surface area contributed by atoms with E-state index < -0.39 is 58.3 Å². The molecular weight excluding hydrogens is 565 g/mol. The van der Waals surface area contributed by atoms with Crippen molar-refractivity contribution in [3.63, 3.8) is 0 Å². The topological polar surface area (TPSA) is 136 Å². The number of benzene rings is 3. The van der Waals surface area contributed by atoms with Gasteiger partial charge in [0.1, 0.15) is 24.1 Å². The van der Waals surface area contributed by atoms with Crippen LogP contribution in [0, 0.1) is 5.82 Å². The molecule has 3 aromatic rings. The molecule has 10 nitrogen and oxygen atoms in total. The number of carboxylic acids is 1. The zero-order valence-electron chi connectivity index (χ0n) is 22.6. The van der Waals surface area contributed by atoms with Crippen LogP contribution in [0.3, 0.4) is 0 Å². The summed E-state index contributed by atoms with van der Waals surface area (Å²) in [5, 5.41) is 20.6. The second-order valence-corrected chi connectivity index (χ2v) is 12.3. The van der Waals surface area contributed by atoms with E-state index in [0.29, 0.717) is 10.9 Å². The fourth-order valence-corrected chi connectivity index (χ4v) is 7.47. The fraction of sp³-hybridized carbons (Fsp3) is 0.300. The minimum atomic E-state index is -4.38. The summed E-state index contributed by atoms with van der Waals surface area (Å²) in [7, 11) is -4.38. The highest BCUT2D eigenvalue weighted by atomic mass is 32.2. The number of piperazine rings is 1. The molecule has 2 aliphatic heterocycles. The maximum atomic E-state index is 14.3. The molecule has 0 spiro atoms. The molecule has 0 aliphatic carbocycles. The highest BCUT2D eigenvalue weighted by Crippen LogP contribution is 2.37. The lowest BCUT2D eigenvalue weighted by molar-refractivity contribution is -0.152. The SMILES string of the molecule is C=C(O)CCN1C[C@H]2N(C(=O)[C@H](CCC(=O)O)N2S(=O)(=O)c2ccc3ccccc3c2)[C@@H](Cc2ccc(F)cc2)C1=O. The van der Waals surface area contributed by atoms with Crippen LogP contribution in [0.15, 0.2) is 84.0 Å². The first-order chi connectivity index (χ1) is 20.0. The van der Waals surface area contributed by atoms with Gasteiger partial charge in [-0.3, -0.25) is 14.4 Å². The van der Waals surface area contributed by atoms with Crippen LogP contribution >= 0.6 is 0 Å². The van der Waals surface area contributed by atoms with E-state index >= 15 is 0 Å². The largest absolute Gasteiger partial charge is 0.513 e. The molecule has 0 radical (unpaired) electrons. The lowest BCUT2D eigenvalue weighted by Crippen LogP contribution is -2.64. The van der Waals surface area contributed by atoms with Gasteiger partial charge in [-0.2, -0.15) is 4.31 Å². The first-order valence-electron chi connectivity index (χ1n) is 13.4. The number of amides is 2. The summed E-state index contributed by atoms with van der Waals surface area (Å²) in [6, 6.07) is 14.7. The minimum absolute atomic E-state index is 0.0204. The minimum Gasteiger partial charge on any atom is -0.513 e. The van der Waals surface area contributed by atoms with E-state index in [2.05, 4.69) is 6.58 Å². The summed E-state index contributed by atoms with van der Waals surface area (Å²) < 4.78 is 43.2. The summed E-state index contributed by atoms with van der Waals surface area (Å²) >= 11 is 0. The van der Waals surface area contributed by atoms with Crippen LogP contribution in [-0.2, 0) is 30.8 Å². The normalized spacial score (nSPS) is 21.1. The van der Waals surface area contributed by atoms with Gasteiger partial charge in [-0.05, 0) is 47.0 Å². The average molecular weight is 596 g/mol. The molecule has 0 bridgehead atoms. The number of carboxylic acid groups (broad SMARTS) is 1. The summed E-state index contributed by atoms with van der Waals surface area (Å²) in [6.07, 6.45) is -1.88. The summed E-state index contributed by atoms with van der Waals surface area (Å²) in [4.78, 5) is 41.8. The van der Waals surface area contributed by atoms with Crippen molar-refractivity contribution in [1.29, 1.82) is 0 Å². The highest BCUT2D eigenvalue weighted by molar-refractivity contribution is 7.89. The van der Waals surface area contributed by atoms with Gasteiger partial charge >= 0.3 is 5.97 Å². The monoisotopic (exact) mass is 595 g/mol. The van der Waals surface area contributed by atoms with Gasteiger partial charge in [-0.1, -0.05) is 49.0 Å². The van der Waals surface area contributed by atoms with Gasteiger partial charge in [0.05, 0.1) is 17.2 Å². The van der Waals surface area contributed by atoms with Crippen LogP contribution < -0.4 is 0 Å². The third kappa shape index (κ3) is 5.59. The van der Waals surface area contributed by atoms with Crippen molar-refractivity contribution >= 4 is 38.6 Å². The first kappa shape index (κ1) is 29.2. The van der Waals surface area contributed by atoms with Crippen LogP contribution in [0.25, 0.3) is 10.8 Å². The number of aliphatic hydroxyl groups is 1. The second kappa shape index (κ2) is 11.5. The van der Waals surface area contributed by atoms with E-state index in [1.54, 1.807) is 18.2 Å². The van der Waals surface area contributed by atoms with Gasteiger partial charge in [-0.25, -0.2) is 12.8 Å². The number of aliphatic carboxylic acids is 1. The smallest absolute Gasteiger partial charge is 0.303 e. The fourth-order valence-electron chi connectivity index (χ4n) is 5.69. The first-order valence-corrected chi connectivity index (χ1v) is 14.9. The van der Waals surface area contributed by atoms with Crippen LogP contribution in [-0.4, -0.2) is 81.9 Å². The van der Waals surface area contributed by atoms with E-state index in [-0.39, 0.29) is 43.0 Å². The van der Waals surface area contributed by atoms with Crippen molar-refractivity contribution in [2.45, 2.75) is 48.8 Å². The third-order valence-electron chi connectivity index (χ3n) is 7.72. The Morgan fingerprint density at radius 1 is 0.929 bits per heavy atom. The Bertz CT molecular complexity index is 1660. The maximum absolute atomic E-state index is 14.3. The van der Waals surface area contributed by atoms with E-state index in [1.165, 1.54) is 46.2 Å². The number of sulfonamides is 1. The number of aliphatic hydroxyl groups excluding tert-OH is 1. The molecule has 0 aromatic heterocycles. The highest BCUT2D eigenvalue weighted by Gasteiger charge is 2.58. The Morgan fingerprint density at radius 3 is 2.29 bits per heavy atom. The van der Waals surface area contributed by atoms with Crippen molar-refractivity contribution in [3.05, 3.63) is 90.4 Å². The quantitative estimate of drug-likeness (QED) is 0.344. The molecule has 2 heterocycles. The molecule has 2 fully saturated rings. The van der Waals surface area contributed by atoms with Gasteiger partial charge in [0.25, 0.3) is 0 Å². The van der Waals surface area contributed by atoms with Crippen molar-refractivity contribution in [3.8, 4) is 0 Å². The molecule has 2 amide bonds. The van der Waals surface area contributed by atoms with Crippen molar-refractivity contribution < 1.29 is 37.4 Å². The van der Waals surface area contributed by atoms with Crippen molar-refractivity contribution in [2.24, 2.45) is 0 Å². The number of nitrogens with zero attached hydrogens (tertiary/aromatic N) is 3. The third-order valence-corrected chi connectivity index (χ3v) is 9.62. The van der Waals surface area contributed by atoms with Crippen LogP contribution in [0.1, 0.15) is 24.8 Å². The Balaban J connectivity index is 1.60. The lowest BCUT2D eigenvalue weighted by atomic mass is 10.00. The molecule has 42 heavy (non-hydrogen) atoms. The summed E-state index contributed by atoms with van der Waals surface area (Å²) in [6.45, 7) is 3.30. The van der Waals surface area contributed by atoms with Crippen LogP contribution in [0.2, 0.25) is 0 Å². The molecule has 12 heteroatoms. The second-order valence-electron chi connectivity index (χ2n) is 10.5. The summed E-state index contributed by atoms with van der Waals surface area (Å²) in [5.74, 6) is -2.97. The number of hydrogen-bond acceptors (Lipinski definition) is 6.